The van der Waals surface area contributed by atoms with Gasteiger partial charge in [0.2, 0.25) is 11.9 Å². The SMILES string of the molecule is COc1ccccc1NC(=O)CN1CCC(N(C)c2ncc(Br)cn2)CC1. The molecule has 0 radical (unpaired) electrons. The molecule has 2 heterocycles. The van der Waals surface area contributed by atoms with Gasteiger partial charge in [-0.15, -0.1) is 0 Å². The average molecular weight is 434 g/mol. The van der Waals surface area contributed by atoms with E-state index in [4.69, 9.17) is 4.74 Å². The van der Waals surface area contributed by atoms with Crippen LogP contribution in [0.4, 0.5) is 11.6 Å². The molecule has 1 aromatic carbocycles. The molecule has 1 amide bonds. The summed E-state index contributed by atoms with van der Waals surface area (Å²) in [4.78, 5) is 25.4. The van der Waals surface area contributed by atoms with Gasteiger partial charge in [0, 0.05) is 38.6 Å². The first-order chi connectivity index (χ1) is 13.1. The number of piperidine rings is 1. The Hall–Kier alpha value is -2.19. The summed E-state index contributed by atoms with van der Waals surface area (Å²) in [6, 6.07) is 7.81. The zero-order chi connectivity index (χ0) is 19.2. The van der Waals surface area contributed by atoms with Gasteiger partial charge < -0.3 is 15.0 Å². The van der Waals surface area contributed by atoms with Crippen molar-refractivity contribution in [2.75, 3.05) is 44.0 Å². The lowest BCUT2D eigenvalue weighted by atomic mass is 10.0. The molecule has 0 saturated carbocycles. The molecule has 2 aromatic rings. The van der Waals surface area contributed by atoms with Crippen molar-refractivity contribution in [3.8, 4) is 5.75 Å². The number of amides is 1. The standard InChI is InChI=1S/C19H24BrN5O2/c1-24(19-21-11-14(20)12-22-19)15-7-9-25(10-8-15)13-18(26)23-16-5-3-4-6-17(16)27-2/h3-6,11-12,15H,7-10,13H2,1-2H3,(H,23,26). The summed E-state index contributed by atoms with van der Waals surface area (Å²) in [6.45, 7) is 2.11. The molecule has 1 aliphatic rings. The number of methoxy groups -OCH3 is 1. The molecule has 0 bridgehead atoms. The maximum absolute atomic E-state index is 12.4. The fraction of sp³-hybridized carbons (Fsp3) is 0.421. The maximum atomic E-state index is 12.4. The van der Waals surface area contributed by atoms with Gasteiger partial charge >= 0.3 is 0 Å². The summed E-state index contributed by atoms with van der Waals surface area (Å²) >= 11 is 3.36. The van der Waals surface area contributed by atoms with E-state index in [1.807, 2.05) is 31.3 Å². The fourth-order valence-electron chi connectivity index (χ4n) is 3.26. The van der Waals surface area contributed by atoms with Crippen LogP contribution in [0.1, 0.15) is 12.8 Å². The van der Waals surface area contributed by atoms with Crippen molar-refractivity contribution < 1.29 is 9.53 Å². The van der Waals surface area contributed by atoms with Crippen LogP contribution in [0.5, 0.6) is 5.75 Å². The van der Waals surface area contributed by atoms with E-state index in [0.717, 1.165) is 36.4 Å². The fourth-order valence-corrected chi connectivity index (χ4v) is 3.46. The van der Waals surface area contributed by atoms with E-state index in [-0.39, 0.29) is 5.91 Å². The van der Waals surface area contributed by atoms with Crippen LogP contribution in [-0.2, 0) is 4.79 Å². The summed E-state index contributed by atoms with van der Waals surface area (Å²) in [5, 5.41) is 2.93. The van der Waals surface area contributed by atoms with Crippen molar-refractivity contribution in [1.82, 2.24) is 14.9 Å². The number of likely N-dealkylation sites (tertiary alicyclic amines) is 1. The van der Waals surface area contributed by atoms with Crippen molar-refractivity contribution in [2.45, 2.75) is 18.9 Å². The Morgan fingerprint density at radius 3 is 2.63 bits per heavy atom. The van der Waals surface area contributed by atoms with Crippen LogP contribution < -0.4 is 15.0 Å². The van der Waals surface area contributed by atoms with Crippen LogP contribution in [0.15, 0.2) is 41.1 Å². The molecule has 1 saturated heterocycles. The number of anilines is 2. The lowest BCUT2D eigenvalue weighted by Crippen LogP contribution is -2.46. The largest absolute Gasteiger partial charge is 0.495 e. The molecular weight excluding hydrogens is 410 g/mol. The van der Waals surface area contributed by atoms with Crippen molar-refractivity contribution in [1.29, 1.82) is 0 Å². The van der Waals surface area contributed by atoms with E-state index in [9.17, 15) is 4.79 Å². The Kier molecular flexibility index (Phi) is 6.63. The molecule has 8 heteroatoms. The van der Waals surface area contributed by atoms with Crippen LogP contribution in [0.2, 0.25) is 0 Å². The highest BCUT2D eigenvalue weighted by atomic mass is 79.9. The summed E-state index contributed by atoms with van der Waals surface area (Å²) < 4.78 is 6.15. The highest BCUT2D eigenvalue weighted by molar-refractivity contribution is 9.10. The number of ether oxygens (including phenoxy) is 1. The molecule has 144 valence electrons. The zero-order valence-corrected chi connectivity index (χ0v) is 17.1. The highest BCUT2D eigenvalue weighted by Crippen LogP contribution is 2.23. The average Bonchev–Trinajstić information content (AvgIpc) is 2.69. The first-order valence-electron chi connectivity index (χ1n) is 8.92. The molecule has 0 aliphatic carbocycles. The van der Waals surface area contributed by atoms with Gasteiger partial charge in [-0.2, -0.15) is 0 Å². The Bertz CT molecular complexity index is 763. The van der Waals surface area contributed by atoms with Crippen LogP contribution in [0.3, 0.4) is 0 Å². The number of aromatic nitrogens is 2. The van der Waals surface area contributed by atoms with Gasteiger partial charge in [0.05, 0.1) is 23.8 Å². The third kappa shape index (κ3) is 5.17. The molecule has 0 spiro atoms. The lowest BCUT2D eigenvalue weighted by Gasteiger charge is -2.36. The van der Waals surface area contributed by atoms with Crippen molar-refractivity contribution in [3.63, 3.8) is 0 Å². The number of para-hydroxylation sites is 2. The molecule has 7 nitrogen and oxygen atoms in total. The maximum Gasteiger partial charge on any atom is 0.238 e. The van der Waals surface area contributed by atoms with E-state index >= 15 is 0 Å². The number of carbonyl (C=O) groups is 1. The minimum absolute atomic E-state index is 0.0254. The third-order valence-corrected chi connectivity index (χ3v) is 5.18. The van der Waals surface area contributed by atoms with Crippen LogP contribution in [-0.4, -0.2) is 60.6 Å². The molecule has 3 rings (SSSR count). The van der Waals surface area contributed by atoms with Crippen molar-refractivity contribution >= 4 is 33.5 Å². The predicted octanol–water partition coefficient (Wildman–Crippen LogP) is 2.79. The number of nitrogens with one attached hydrogen (secondary N) is 1. The minimum Gasteiger partial charge on any atom is -0.495 e. The van der Waals surface area contributed by atoms with Gasteiger partial charge in [-0.1, -0.05) is 12.1 Å². The molecule has 1 fully saturated rings. The normalized spacial score (nSPS) is 15.4. The van der Waals surface area contributed by atoms with Gasteiger partial charge in [0.15, 0.2) is 0 Å². The Labute approximate surface area is 167 Å². The van der Waals surface area contributed by atoms with E-state index < -0.39 is 0 Å². The Morgan fingerprint density at radius 1 is 1.30 bits per heavy atom. The first kappa shape index (κ1) is 19.6. The number of benzene rings is 1. The summed E-state index contributed by atoms with van der Waals surface area (Å²) in [5.74, 6) is 1.37. The Morgan fingerprint density at radius 2 is 1.96 bits per heavy atom. The quantitative estimate of drug-likeness (QED) is 0.754. The van der Waals surface area contributed by atoms with Crippen molar-refractivity contribution in [3.05, 3.63) is 41.1 Å². The van der Waals surface area contributed by atoms with E-state index in [2.05, 4.69) is 41.0 Å². The molecule has 1 aromatic heterocycles. The van der Waals surface area contributed by atoms with Crippen LogP contribution in [0, 0.1) is 0 Å². The highest BCUT2D eigenvalue weighted by Gasteiger charge is 2.25. The topological polar surface area (TPSA) is 70.6 Å². The third-order valence-electron chi connectivity index (χ3n) is 4.78. The van der Waals surface area contributed by atoms with Crippen LogP contribution in [0.25, 0.3) is 0 Å². The van der Waals surface area contributed by atoms with E-state index in [1.54, 1.807) is 19.5 Å². The summed E-state index contributed by atoms with van der Waals surface area (Å²) in [6.07, 6.45) is 5.46. The van der Waals surface area contributed by atoms with Crippen molar-refractivity contribution in [2.24, 2.45) is 0 Å². The number of hydrogen-bond donors (Lipinski definition) is 1. The van der Waals surface area contributed by atoms with Crippen LogP contribution >= 0.6 is 15.9 Å². The monoisotopic (exact) mass is 433 g/mol. The predicted molar refractivity (Wildman–Crippen MR) is 109 cm³/mol. The Balaban J connectivity index is 1.49. The molecule has 0 unspecified atom stereocenters. The van der Waals surface area contributed by atoms with Gasteiger partial charge in [-0.25, -0.2) is 9.97 Å². The molecular formula is C19H24BrN5O2. The molecule has 27 heavy (non-hydrogen) atoms. The van der Waals surface area contributed by atoms with Gasteiger partial charge in [-0.3, -0.25) is 9.69 Å². The number of halogens is 1. The molecule has 0 atom stereocenters. The van der Waals surface area contributed by atoms with Gasteiger partial charge in [0.25, 0.3) is 0 Å². The number of nitrogens with zero attached hydrogens (tertiary/aromatic N) is 4. The minimum atomic E-state index is -0.0254. The second kappa shape index (κ2) is 9.14. The van der Waals surface area contributed by atoms with E-state index in [0.29, 0.717) is 24.0 Å². The number of rotatable bonds is 6. The second-order valence-corrected chi connectivity index (χ2v) is 7.48. The lowest BCUT2D eigenvalue weighted by molar-refractivity contribution is -0.117. The second-order valence-electron chi connectivity index (χ2n) is 6.57. The first-order valence-corrected chi connectivity index (χ1v) is 9.71. The smallest absolute Gasteiger partial charge is 0.238 e. The number of carbonyl (C=O) groups excluding carboxylic acids is 1. The summed E-state index contributed by atoms with van der Waals surface area (Å²) in [5.41, 5.74) is 0.701. The summed E-state index contributed by atoms with van der Waals surface area (Å²) in [7, 11) is 3.62. The van der Waals surface area contributed by atoms with E-state index in [1.165, 1.54) is 0 Å². The zero-order valence-electron chi connectivity index (χ0n) is 15.6. The molecule has 1 aliphatic heterocycles. The number of hydrogen-bond acceptors (Lipinski definition) is 6. The van der Waals surface area contributed by atoms with Gasteiger partial charge in [-0.05, 0) is 40.9 Å². The molecule has 1 N–H and O–H groups in total. The van der Waals surface area contributed by atoms with Gasteiger partial charge in [0.1, 0.15) is 5.75 Å².